The van der Waals surface area contributed by atoms with Gasteiger partial charge in [-0.15, -0.1) is 0 Å². The molecule has 0 aliphatic rings. The van der Waals surface area contributed by atoms with E-state index in [2.05, 4.69) is 38.2 Å². The van der Waals surface area contributed by atoms with Gasteiger partial charge in [0.1, 0.15) is 6.61 Å². The molecule has 1 unspecified atom stereocenters. The monoisotopic (exact) mass is 803 g/mol. The van der Waals surface area contributed by atoms with E-state index < -0.39 is 6.10 Å². The second-order valence-corrected chi connectivity index (χ2v) is 17.3. The van der Waals surface area contributed by atoms with Crippen molar-refractivity contribution in [1.29, 1.82) is 0 Å². The average molecular weight is 803 g/mol. The van der Waals surface area contributed by atoms with E-state index in [4.69, 9.17) is 9.47 Å². The minimum Gasteiger partial charge on any atom is -0.462 e. The van der Waals surface area contributed by atoms with Gasteiger partial charge in [-0.3, -0.25) is 9.59 Å². The maximum atomic E-state index is 12.2. The number of ether oxygens (including phenoxy) is 2. The lowest BCUT2D eigenvalue weighted by molar-refractivity contribution is -0.161. The Labute approximate surface area is 355 Å². The maximum absolute atomic E-state index is 12.2. The third-order valence-electron chi connectivity index (χ3n) is 11.5. The zero-order valence-electron chi connectivity index (χ0n) is 38.4. The fourth-order valence-corrected chi connectivity index (χ4v) is 7.65. The fraction of sp³-hybridized carbons (Fsp3) is 0.885. The van der Waals surface area contributed by atoms with Crippen LogP contribution in [0.2, 0.25) is 0 Å². The largest absolute Gasteiger partial charge is 0.462 e. The number of carbonyl (C=O) groups excluding carboxylic acids is 2. The van der Waals surface area contributed by atoms with Crippen molar-refractivity contribution in [3.63, 3.8) is 0 Å². The molecule has 0 heterocycles. The number of rotatable bonds is 47. The summed E-state index contributed by atoms with van der Waals surface area (Å²) in [6.07, 6.45) is 59.9. The molecule has 0 aromatic heterocycles. The predicted octanol–water partition coefficient (Wildman–Crippen LogP) is 16.6. The summed E-state index contributed by atoms with van der Waals surface area (Å²) in [6.45, 7) is 4.15. The van der Waals surface area contributed by atoms with Crippen molar-refractivity contribution in [3.05, 3.63) is 24.3 Å². The van der Waals surface area contributed by atoms with Gasteiger partial charge in [0.15, 0.2) is 6.10 Å². The number of esters is 2. The lowest BCUT2D eigenvalue weighted by atomic mass is 10.0. The number of aliphatic hydroxyl groups is 1. The van der Waals surface area contributed by atoms with E-state index in [1.807, 2.05) is 0 Å². The van der Waals surface area contributed by atoms with Gasteiger partial charge in [0.2, 0.25) is 0 Å². The van der Waals surface area contributed by atoms with E-state index in [1.54, 1.807) is 0 Å². The summed E-state index contributed by atoms with van der Waals surface area (Å²) >= 11 is 0. The molecule has 1 atom stereocenters. The Morgan fingerprint density at radius 3 is 1.07 bits per heavy atom. The molecule has 0 rings (SSSR count). The standard InChI is InChI=1S/C52H98O5/c1-3-5-7-9-11-13-15-17-19-21-23-24-25-26-27-29-30-32-34-36-38-40-42-44-46-51(54)56-49-50(48-53)57-52(55)47-45-43-41-39-37-35-33-31-28-22-20-18-16-14-12-10-8-6-4-2/h12,14,18,20,50,53H,3-11,13,15-17,19,21-49H2,1-2H3/b14-12-,20-18-. The lowest BCUT2D eigenvalue weighted by Crippen LogP contribution is -2.28. The molecule has 0 aliphatic heterocycles. The molecule has 0 amide bonds. The third kappa shape index (κ3) is 46.9. The van der Waals surface area contributed by atoms with Crippen molar-refractivity contribution in [2.75, 3.05) is 13.2 Å². The number of unbranched alkanes of at least 4 members (excludes halogenated alkanes) is 35. The summed E-state index contributed by atoms with van der Waals surface area (Å²) in [4.78, 5) is 24.4. The van der Waals surface area contributed by atoms with E-state index in [1.165, 1.54) is 212 Å². The van der Waals surface area contributed by atoms with Crippen molar-refractivity contribution < 1.29 is 24.2 Å². The third-order valence-corrected chi connectivity index (χ3v) is 11.5. The van der Waals surface area contributed by atoms with E-state index in [9.17, 15) is 14.7 Å². The molecule has 0 bridgehead atoms. The summed E-state index contributed by atoms with van der Waals surface area (Å²) in [6, 6.07) is 0. The van der Waals surface area contributed by atoms with Crippen LogP contribution in [0.25, 0.3) is 0 Å². The smallest absolute Gasteiger partial charge is 0.306 e. The quantitative estimate of drug-likeness (QED) is 0.0377. The average Bonchev–Trinajstić information content (AvgIpc) is 3.21. The van der Waals surface area contributed by atoms with Crippen LogP contribution in [-0.2, 0) is 19.1 Å². The summed E-state index contributed by atoms with van der Waals surface area (Å²) in [5.41, 5.74) is 0. The molecule has 1 N–H and O–H groups in total. The first kappa shape index (κ1) is 55.4. The molecule has 0 aromatic carbocycles. The molecule has 0 fully saturated rings. The van der Waals surface area contributed by atoms with Crippen molar-refractivity contribution in [1.82, 2.24) is 0 Å². The fourth-order valence-electron chi connectivity index (χ4n) is 7.65. The van der Waals surface area contributed by atoms with Gasteiger partial charge in [-0.05, 0) is 44.9 Å². The van der Waals surface area contributed by atoms with Crippen LogP contribution >= 0.6 is 0 Å². The van der Waals surface area contributed by atoms with Gasteiger partial charge in [-0.1, -0.05) is 244 Å². The van der Waals surface area contributed by atoms with Crippen molar-refractivity contribution in [2.45, 2.75) is 283 Å². The van der Waals surface area contributed by atoms with E-state index in [0.717, 1.165) is 38.5 Å². The van der Waals surface area contributed by atoms with Gasteiger partial charge >= 0.3 is 11.9 Å². The summed E-state index contributed by atoms with van der Waals surface area (Å²) < 4.78 is 10.7. The van der Waals surface area contributed by atoms with Crippen LogP contribution < -0.4 is 0 Å². The highest BCUT2D eigenvalue weighted by molar-refractivity contribution is 5.70. The molecule has 0 spiro atoms. The Bertz CT molecular complexity index is 867. The maximum Gasteiger partial charge on any atom is 0.306 e. The summed E-state index contributed by atoms with van der Waals surface area (Å²) in [5.74, 6) is -0.580. The van der Waals surface area contributed by atoms with Crippen LogP contribution in [-0.4, -0.2) is 36.4 Å². The highest BCUT2D eigenvalue weighted by atomic mass is 16.6. The number of allylic oxidation sites excluding steroid dienone is 4. The molecule has 0 radical (unpaired) electrons. The molecule has 0 aliphatic carbocycles. The number of aliphatic hydroxyl groups excluding tert-OH is 1. The van der Waals surface area contributed by atoms with Gasteiger partial charge in [-0.25, -0.2) is 0 Å². The van der Waals surface area contributed by atoms with Crippen LogP contribution in [0.1, 0.15) is 277 Å². The highest BCUT2D eigenvalue weighted by Gasteiger charge is 2.16. The lowest BCUT2D eigenvalue weighted by Gasteiger charge is -2.15. The highest BCUT2D eigenvalue weighted by Crippen LogP contribution is 2.17. The molecular formula is C52H98O5. The van der Waals surface area contributed by atoms with E-state index >= 15 is 0 Å². The molecule has 57 heavy (non-hydrogen) atoms. The van der Waals surface area contributed by atoms with Gasteiger partial charge in [0.05, 0.1) is 6.61 Å². The molecule has 0 saturated heterocycles. The zero-order valence-corrected chi connectivity index (χ0v) is 38.4. The minimum absolute atomic E-state index is 0.0622. The van der Waals surface area contributed by atoms with Crippen LogP contribution in [0, 0.1) is 0 Å². The number of carbonyl (C=O) groups is 2. The topological polar surface area (TPSA) is 72.8 Å². The van der Waals surface area contributed by atoms with Crippen LogP contribution in [0.15, 0.2) is 24.3 Å². The second kappa shape index (κ2) is 48.7. The molecule has 5 heteroatoms. The van der Waals surface area contributed by atoms with Crippen molar-refractivity contribution in [3.8, 4) is 0 Å². The Morgan fingerprint density at radius 2 is 0.702 bits per heavy atom. The minimum atomic E-state index is -0.770. The first-order valence-electron chi connectivity index (χ1n) is 25.4. The molecular weight excluding hydrogens is 705 g/mol. The van der Waals surface area contributed by atoms with Crippen molar-refractivity contribution >= 4 is 11.9 Å². The Morgan fingerprint density at radius 1 is 0.404 bits per heavy atom. The molecule has 0 saturated carbocycles. The first-order valence-corrected chi connectivity index (χ1v) is 25.4. The summed E-state index contributed by atoms with van der Waals surface area (Å²) in [7, 11) is 0. The Kier molecular flexibility index (Phi) is 47.4. The van der Waals surface area contributed by atoms with Gasteiger partial charge in [0.25, 0.3) is 0 Å². The van der Waals surface area contributed by atoms with Crippen LogP contribution in [0.5, 0.6) is 0 Å². The Balaban J connectivity index is 3.45. The Hall–Kier alpha value is -1.62. The summed E-state index contributed by atoms with van der Waals surface area (Å²) in [5, 5.41) is 9.62. The predicted molar refractivity (Wildman–Crippen MR) is 247 cm³/mol. The second-order valence-electron chi connectivity index (χ2n) is 17.3. The number of hydrogen-bond acceptors (Lipinski definition) is 5. The van der Waals surface area contributed by atoms with Crippen LogP contribution in [0.3, 0.4) is 0 Å². The normalized spacial score (nSPS) is 12.3. The first-order chi connectivity index (χ1) is 28.1. The zero-order chi connectivity index (χ0) is 41.4. The molecule has 336 valence electrons. The van der Waals surface area contributed by atoms with Crippen molar-refractivity contribution in [2.24, 2.45) is 0 Å². The number of hydrogen-bond donors (Lipinski definition) is 1. The molecule has 0 aromatic rings. The van der Waals surface area contributed by atoms with E-state index in [-0.39, 0.29) is 25.2 Å². The van der Waals surface area contributed by atoms with Gasteiger partial charge in [-0.2, -0.15) is 0 Å². The molecule has 5 nitrogen and oxygen atoms in total. The SMILES string of the molecule is CCCCC/C=C\C/C=C\CCCCCCCCCCCC(=O)OC(CO)COC(=O)CCCCCCCCCCCCCCCCCCCCCCCCCC. The van der Waals surface area contributed by atoms with Gasteiger partial charge < -0.3 is 14.6 Å². The van der Waals surface area contributed by atoms with Gasteiger partial charge in [0, 0.05) is 12.8 Å². The van der Waals surface area contributed by atoms with Crippen LogP contribution in [0.4, 0.5) is 0 Å². The van der Waals surface area contributed by atoms with E-state index in [0.29, 0.717) is 12.8 Å².